The van der Waals surface area contributed by atoms with Crippen LogP contribution in [0.2, 0.25) is 0 Å². The largest absolute Gasteiger partial charge is 0.492 e. The zero-order valence-electron chi connectivity index (χ0n) is 20.6. The molecule has 0 radical (unpaired) electrons. The number of benzene rings is 3. The third kappa shape index (κ3) is 5.68. The standard InChI is InChI=1S/C26H27N3O5S3/c1-4-28-22-15-10-18(16-24(22)36-26(28)31)27-25(30)17-29(21-8-6-7-9-23(21)34-5-2)37(32,33)20-13-11-19(35-3)12-14-20/h6-16H,4-5,17H2,1-3H3,(H,27,30). The highest BCUT2D eigenvalue weighted by atomic mass is 32.2. The molecular formula is C26H27N3O5S3. The van der Waals surface area contributed by atoms with Crippen molar-refractivity contribution in [2.45, 2.75) is 30.2 Å². The van der Waals surface area contributed by atoms with Crippen molar-refractivity contribution in [2.75, 3.05) is 29.0 Å². The molecule has 8 nitrogen and oxygen atoms in total. The van der Waals surface area contributed by atoms with Gasteiger partial charge in [-0.25, -0.2) is 8.42 Å². The average molecular weight is 558 g/mol. The molecule has 0 bridgehead atoms. The van der Waals surface area contributed by atoms with E-state index in [2.05, 4.69) is 5.32 Å². The Morgan fingerprint density at radius 3 is 2.49 bits per heavy atom. The topological polar surface area (TPSA) is 97.7 Å². The first kappa shape index (κ1) is 26.8. The number of aryl methyl sites for hydroxylation is 1. The Hall–Kier alpha value is -3.28. The second-order valence-corrected chi connectivity index (χ2v) is 11.7. The summed E-state index contributed by atoms with van der Waals surface area (Å²) >= 11 is 2.60. The SMILES string of the molecule is CCOc1ccccc1N(CC(=O)Nc1ccc2c(c1)sc(=O)n2CC)S(=O)(=O)c1ccc(SC)cc1. The third-order valence-corrected chi connectivity index (χ3v) is 9.10. The molecule has 0 fully saturated rings. The van der Waals surface area contributed by atoms with Gasteiger partial charge in [0.15, 0.2) is 0 Å². The molecule has 0 spiro atoms. The van der Waals surface area contributed by atoms with Gasteiger partial charge in [-0.2, -0.15) is 0 Å². The van der Waals surface area contributed by atoms with Crippen LogP contribution >= 0.6 is 23.1 Å². The van der Waals surface area contributed by atoms with E-state index < -0.39 is 22.5 Å². The van der Waals surface area contributed by atoms with Crippen molar-refractivity contribution < 1.29 is 17.9 Å². The van der Waals surface area contributed by atoms with Crippen molar-refractivity contribution in [3.05, 3.63) is 76.4 Å². The lowest BCUT2D eigenvalue weighted by Crippen LogP contribution is -2.38. The van der Waals surface area contributed by atoms with E-state index >= 15 is 0 Å². The van der Waals surface area contributed by atoms with E-state index in [9.17, 15) is 18.0 Å². The third-order valence-electron chi connectivity index (χ3n) is 5.64. The lowest BCUT2D eigenvalue weighted by atomic mass is 10.2. The van der Waals surface area contributed by atoms with Crippen molar-refractivity contribution in [3.8, 4) is 5.75 Å². The van der Waals surface area contributed by atoms with Crippen LogP contribution in [0.1, 0.15) is 13.8 Å². The fourth-order valence-corrected chi connectivity index (χ4v) is 6.72. The molecule has 0 saturated heterocycles. The number of fused-ring (bicyclic) bond motifs is 1. The maximum Gasteiger partial charge on any atom is 0.308 e. The number of ether oxygens (including phenoxy) is 1. The van der Waals surface area contributed by atoms with E-state index in [0.29, 0.717) is 24.6 Å². The van der Waals surface area contributed by atoms with Crippen LogP contribution in [0.5, 0.6) is 5.75 Å². The molecule has 0 saturated carbocycles. The molecule has 0 aliphatic carbocycles. The Kier molecular flexibility index (Phi) is 8.25. The van der Waals surface area contributed by atoms with Crippen LogP contribution in [0.25, 0.3) is 10.2 Å². The molecule has 0 aliphatic rings. The molecule has 1 N–H and O–H groups in total. The Morgan fingerprint density at radius 2 is 1.81 bits per heavy atom. The van der Waals surface area contributed by atoms with Gasteiger partial charge in [-0.1, -0.05) is 23.5 Å². The number of thioether (sulfide) groups is 1. The summed E-state index contributed by atoms with van der Waals surface area (Å²) in [5, 5.41) is 2.78. The Labute approximate surface area is 223 Å². The Morgan fingerprint density at radius 1 is 1.08 bits per heavy atom. The van der Waals surface area contributed by atoms with Crippen LogP contribution in [0.3, 0.4) is 0 Å². The van der Waals surface area contributed by atoms with E-state index in [1.807, 2.05) is 13.2 Å². The van der Waals surface area contributed by atoms with Crippen molar-refractivity contribution in [3.63, 3.8) is 0 Å². The van der Waals surface area contributed by atoms with Crippen LogP contribution < -0.4 is 19.2 Å². The molecule has 3 aromatic carbocycles. The highest BCUT2D eigenvalue weighted by Crippen LogP contribution is 2.33. The Bertz CT molecular complexity index is 1580. The number of sulfonamides is 1. The summed E-state index contributed by atoms with van der Waals surface area (Å²) in [6.45, 7) is 4.11. The van der Waals surface area contributed by atoms with Gasteiger partial charge in [-0.05, 0) is 74.7 Å². The van der Waals surface area contributed by atoms with Crippen LogP contribution in [-0.4, -0.2) is 38.3 Å². The molecule has 1 heterocycles. The van der Waals surface area contributed by atoms with Gasteiger partial charge in [0.2, 0.25) is 5.91 Å². The predicted octanol–water partition coefficient (Wildman–Crippen LogP) is 5.04. The van der Waals surface area contributed by atoms with Gasteiger partial charge in [-0.15, -0.1) is 11.8 Å². The number of nitrogens with one attached hydrogen (secondary N) is 1. The first-order valence-electron chi connectivity index (χ1n) is 11.6. The normalized spacial score (nSPS) is 11.4. The van der Waals surface area contributed by atoms with Crippen LogP contribution in [-0.2, 0) is 21.4 Å². The van der Waals surface area contributed by atoms with E-state index in [-0.39, 0.29) is 15.5 Å². The van der Waals surface area contributed by atoms with E-state index in [1.165, 1.54) is 23.9 Å². The molecule has 1 aromatic heterocycles. The van der Waals surface area contributed by atoms with Crippen molar-refractivity contribution >= 4 is 60.6 Å². The highest BCUT2D eigenvalue weighted by molar-refractivity contribution is 7.98. The highest BCUT2D eigenvalue weighted by Gasteiger charge is 2.29. The number of nitrogens with zero attached hydrogens (tertiary/aromatic N) is 2. The number of carbonyl (C=O) groups excluding carboxylic acids is 1. The summed E-state index contributed by atoms with van der Waals surface area (Å²) in [5.74, 6) is -0.175. The maximum absolute atomic E-state index is 13.8. The van der Waals surface area contributed by atoms with E-state index in [0.717, 1.165) is 30.8 Å². The summed E-state index contributed by atoms with van der Waals surface area (Å²) in [6, 6.07) is 18.4. The monoisotopic (exact) mass is 557 g/mol. The molecule has 194 valence electrons. The van der Waals surface area contributed by atoms with Gasteiger partial charge in [0, 0.05) is 17.1 Å². The molecule has 37 heavy (non-hydrogen) atoms. The number of rotatable bonds is 10. The van der Waals surface area contributed by atoms with Crippen molar-refractivity contribution in [1.29, 1.82) is 0 Å². The fraction of sp³-hybridized carbons (Fsp3) is 0.231. The van der Waals surface area contributed by atoms with Gasteiger partial charge in [0.05, 0.1) is 27.4 Å². The second-order valence-electron chi connectivity index (χ2n) is 7.93. The van der Waals surface area contributed by atoms with Gasteiger partial charge >= 0.3 is 4.87 Å². The van der Waals surface area contributed by atoms with Gasteiger partial charge < -0.3 is 10.1 Å². The lowest BCUT2D eigenvalue weighted by molar-refractivity contribution is -0.114. The minimum absolute atomic E-state index is 0.0662. The number of anilines is 2. The minimum atomic E-state index is -4.11. The number of hydrogen-bond acceptors (Lipinski definition) is 7. The summed E-state index contributed by atoms with van der Waals surface area (Å²) in [7, 11) is -4.11. The summed E-state index contributed by atoms with van der Waals surface area (Å²) < 4.78 is 36.7. The molecular weight excluding hydrogens is 531 g/mol. The van der Waals surface area contributed by atoms with Crippen molar-refractivity contribution in [2.24, 2.45) is 0 Å². The first-order chi connectivity index (χ1) is 17.8. The van der Waals surface area contributed by atoms with E-state index in [1.54, 1.807) is 66.1 Å². The zero-order valence-corrected chi connectivity index (χ0v) is 23.1. The van der Waals surface area contributed by atoms with Crippen molar-refractivity contribution in [1.82, 2.24) is 4.57 Å². The number of thiazole rings is 1. The molecule has 0 aliphatic heterocycles. The quantitative estimate of drug-likeness (QED) is 0.275. The summed E-state index contributed by atoms with van der Waals surface area (Å²) in [5.41, 5.74) is 1.53. The number of para-hydroxylation sites is 2. The first-order valence-corrected chi connectivity index (χ1v) is 15.1. The zero-order chi connectivity index (χ0) is 26.6. The minimum Gasteiger partial charge on any atom is -0.492 e. The average Bonchev–Trinajstić information content (AvgIpc) is 3.21. The molecule has 1 amide bonds. The number of amides is 1. The fourth-order valence-electron chi connectivity index (χ4n) is 3.89. The van der Waals surface area contributed by atoms with Gasteiger partial charge in [0.25, 0.3) is 10.0 Å². The molecule has 4 rings (SSSR count). The predicted molar refractivity (Wildman–Crippen MR) is 151 cm³/mol. The van der Waals surface area contributed by atoms with Crippen LogP contribution in [0.4, 0.5) is 11.4 Å². The van der Waals surface area contributed by atoms with Gasteiger partial charge in [-0.3, -0.25) is 18.5 Å². The molecule has 11 heteroatoms. The smallest absolute Gasteiger partial charge is 0.308 e. The maximum atomic E-state index is 13.8. The number of carbonyl (C=O) groups is 1. The molecule has 4 aromatic rings. The molecule has 0 atom stereocenters. The van der Waals surface area contributed by atoms with Crippen LogP contribution in [0.15, 0.2) is 81.3 Å². The lowest BCUT2D eigenvalue weighted by Gasteiger charge is -2.26. The number of aromatic nitrogens is 1. The van der Waals surface area contributed by atoms with Crippen LogP contribution in [0, 0.1) is 0 Å². The van der Waals surface area contributed by atoms with Gasteiger partial charge in [0.1, 0.15) is 12.3 Å². The Balaban J connectivity index is 1.68. The summed E-state index contributed by atoms with van der Waals surface area (Å²) in [6.07, 6.45) is 1.91. The second kappa shape index (κ2) is 11.4. The molecule has 0 unspecified atom stereocenters. The summed E-state index contributed by atoms with van der Waals surface area (Å²) in [4.78, 5) is 26.3. The number of hydrogen-bond donors (Lipinski definition) is 1. The van der Waals surface area contributed by atoms with E-state index in [4.69, 9.17) is 4.74 Å².